The van der Waals surface area contributed by atoms with Crippen molar-refractivity contribution in [2.45, 2.75) is 6.92 Å². The molecule has 0 unspecified atom stereocenters. The van der Waals surface area contributed by atoms with Gasteiger partial charge in [-0.15, -0.1) is 5.10 Å². The van der Waals surface area contributed by atoms with Gasteiger partial charge >= 0.3 is 0 Å². The van der Waals surface area contributed by atoms with E-state index in [9.17, 15) is 13.6 Å². The summed E-state index contributed by atoms with van der Waals surface area (Å²) in [5.74, 6) is -2.47. The zero-order chi connectivity index (χ0) is 11.7. The van der Waals surface area contributed by atoms with Gasteiger partial charge in [0.15, 0.2) is 0 Å². The summed E-state index contributed by atoms with van der Waals surface area (Å²) in [6.45, 7) is 1.56. The lowest BCUT2D eigenvalue weighted by atomic mass is 10.1. The average Bonchev–Trinajstić information content (AvgIpc) is 2.64. The molecule has 0 aliphatic carbocycles. The van der Waals surface area contributed by atoms with Gasteiger partial charge in [0.05, 0.1) is 11.3 Å². The van der Waals surface area contributed by atoms with Crippen LogP contribution in [0.2, 0.25) is 0 Å². The number of nitrogens with zero attached hydrogens (tertiary/aromatic N) is 2. The van der Waals surface area contributed by atoms with Gasteiger partial charge in [0, 0.05) is 0 Å². The zero-order valence-corrected chi connectivity index (χ0v) is 9.02. The Morgan fingerprint density at radius 3 is 2.44 bits per heavy atom. The number of carbonyl (C=O) groups is 1. The summed E-state index contributed by atoms with van der Waals surface area (Å²) in [5.41, 5.74) is -0.186. The Bertz CT molecular complexity index is 533. The SMILES string of the molecule is Cc1nnsc1C(=O)c1c(F)cccc1F. The molecule has 2 rings (SSSR count). The molecule has 0 amide bonds. The van der Waals surface area contributed by atoms with Crippen LogP contribution in [-0.2, 0) is 0 Å². The van der Waals surface area contributed by atoms with Crippen LogP contribution in [0, 0.1) is 18.6 Å². The van der Waals surface area contributed by atoms with Crippen molar-refractivity contribution in [1.82, 2.24) is 9.59 Å². The summed E-state index contributed by atoms with van der Waals surface area (Å²) in [5, 5.41) is 3.63. The van der Waals surface area contributed by atoms with Gasteiger partial charge in [0.2, 0.25) is 5.78 Å². The van der Waals surface area contributed by atoms with E-state index in [1.807, 2.05) is 0 Å². The topological polar surface area (TPSA) is 42.9 Å². The molecule has 0 bridgehead atoms. The van der Waals surface area contributed by atoms with Gasteiger partial charge in [-0.25, -0.2) is 8.78 Å². The van der Waals surface area contributed by atoms with Crippen LogP contribution in [0.3, 0.4) is 0 Å². The molecule has 0 N–H and O–H groups in total. The molecule has 0 aliphatic heterocycles. The molecule has 82 valence electrons. The third-order valence-electron chi connectivity index (χ3n) is 2.05. The standard InChI is InChI=1S/C10H6F2N2OS/c1-5-10(16-14-13-5)9(15)8-6(11)3-2-4-7(8)12/h2-4H,1H3. The molecule has 6 heteroatoms. The molecule has 0 fully saturated rings. The van der Waals surface area contributed by atoms with Crippen molar-refractivity contribution < 1.29 is 13.6 Å². The zero-order valence-electron chi connectivity index (χ0n) is 8.20. The predicted molar refractivity (Wildman–Crippen MR) is 54.4 cm³/mol. The molecular formula is C10H6F2N2OS. The number of carbonyl (C=O) groups excluding carboxylic acids is 1. The maximum Gasteiger partial charge on any atom is 0.212 e. The first-order chi connectivity index (χ1) is 7.61. The van der Waals surface area contributed by atoms with Crippen molar-refractivity contribution in [3.63, 3.8) is 0 Å². The van der Waals surface area contributed by atoms with Gasteiger partial charge in [0.1, 0.15) is 16.5 Å². The Labute approximate surface area is 93.9 Å². The number of hydrogen-bond acceptors (Lipinski definition) is 4. The average molecular weight is 240 g/mol. The Morgan fingerprint density at radius 2 is 1.94 bits per heavy atom. The van der Waals surface area contributed by atoms with E-state index < -0.39 is 23.0 Å². The van der Waals surface area contributed by atoms with E-state index in [1.165, 1.54) is 6.07 Å². The summed E-state index contributed by atoms with van der Waals surface area (Å²) < 4.78 is 30.2. The molecule has 0 saturated carbocycles. The summed E-state index contributed by atoms with van der Waals surface area (Å²) in [6, 6.07) is 3.29. The molecule has 16 heavy (non-hydrogen) atoms. The second-order valence-corrected chi connectivity index (χ2v) is 3.87. The third-order valence-corrected chi connectivity index (χ3v) is 2.87. The van der Waals surface area contributed by atoms with Crippen LogP contribution < -0.4 is 0 Å². The van der Waals surface area contributed by atoms with Crippen molar-refractivity contribution in [1.29, 1.82) is 0 Å². The van der Waals surface area contributed by atoms with Crippen LogP contribution in [0.4, 0.5) is 8.78 Å². The van der Waals surface area contributed by atoms with Crippen LogP contribution in [0.15, 0.2) is 18.2 Å². The third kappa shape index (κ3) is 1.71. The van der Waals surface area contributed by atoms with E-state index in [2.05, 4.69) is 9.59 Å². The molecule has 1 heterocycles. The van der Waals surface area contributed by atoms with E-state index >= 15 is 0 Å². The molecule has 0 saturated heterocycles. The molecular weight excluding hydrogens is 234 g/mol. The molecule has 3 nitrogen and oxygen atoms in total. The van der Waals surface area contributed by atoms with E-state index in [1.54, 1.807) is 6.92 Å². The number of aryl methyl sites for hydroxylation is 1. The minimum absolute atomic E-state index is 0.156. The van der Waals surface area contributed by atoms with Gasteiger partial charge < -0.3 is 0 Å². The van der Waals surface area contributed by atoms with Crippen molar-refractivity contribution in [3.05, 3.63) is 46.0 Å². The van der Waals surface area contributed by atoms with E-state index in [4.69, 9.17) is 0 Å². The highest BCUT2D eigenvalue weighted by atomic mass is 32.1. The van der Waals surface area contributed by atoms with Crippen LogP contribution >= 0.6 is 11.5 Å². The van der Waals surface area contributed by atoms with Gasteiger partial charge in [-0.1, -0.05) is 10.6 Å². The lowest BCUT2D eigenvalue weighted by Crippen LogP contribution is -2.07. The maximum absolute atomic E-state index is 13.3. The van der Waals surface area contributed by atoms with Crippen molar-refractivity contribution in [2.24, 2.45) is 0 Å². The number of aromatic nitrogens is 2. The van der Waals surface area contributed by atoms with E-state index in [0.717, 1.165) is 23.7 Å². The van der Waals surface area contributed by atoms with Gasteiger partial charge in [-0.2, -0.15) is 0 Å². The lowest BCUT2D eigenvalue weighted by Gasteiger charge is -2.01. The predicted octanol–water partition coefficient (Wildman–Crippen LogP) is 2.36. The van der Waals surface area contributed by atoms with Crippen LogP contribution in [0.5, 0.6) is 0 Å². The van der Waals surface area contributed by atoms with Crippen molar-refractivity contribution in [2.75, 3.05) is 0 Å². The second kappa shape index (κ2) is 4.05. The smallest absolute Gasteiger partial charge is 0.212 e. The fourth-order valence-corrected chi connectivity index (χ4v) is 1.87. The molecule has 2 aromatic rings. The summed E-state index contributed by atoms with van der Waals surface area (Å²) in [4.78, 5) is 12.0. The normalized spacial score (nSPS) is 10.4. The highest BCUT2D eigenvalue weighted by Gasteiger charge is 2.22. The van der Waals surface area contributed by atoms with E-state index in [-0.39, 0.29) is 4.88 Å². The summed E-state index contributed by atoms with van der Waals surface area (Å²) in [6.07, 6.45) is 0. The van der Waals surface area contributed by atoms with Crippen molar-refractivity contribution in [3.8, 4) is 0 Å². The Kier molecular flexibility index (Phi) is 2.74. The number of halogens is 2. The largest absolute Gasteiger partial charge is 0.287 e. The molecule has 1 aromatic carbocycles. The van der Waals surface area contributed by atoms with Crippen molar-refractivity contribution >= 4 is 17.3 Å². The summed E-state index contributed by atoms with van der Waals surface area (Å²) >= 11 is 0.826. The number of rotatable bonds is 2. The monoisotopic (exact) mass is 240 g/mol. The molecule has 0 aliphatic rings. The Balaban J connectivity index is 2.54. The number of hydrogen-bond donors (Lipinski definition) is 0. The second-order valence-electron chi connectivity index (χ2n) is 3.11. The van der Waals surface area contributed by atoms with Crippen LogP contribution in [0.1, 0.15) is 20.9 Å². The first-order valence-corrected chi connectivity index (χ1v) is 5.16. The fraction of sp³-hybridized carbons (Fsp3) is 0.100. The number of ketones is 1. The highest BCUT2D eigenvalue weighted by Crippen LogP contribution is 2.20. The molecule has 0 spiro atoms. The molecule has 1 aromatic heterocycles. The molecule has 0 atom stereocenters. The fourth-order valence-electron chi connectivity index (χ4n) is 1.27. The van der Waals surface area contributed by atoms with Gasteiger partial charge in [0.25, 0.3) is 0 Å². The van der Waals surface area contributed by atoms with Gasteiger partial charge in [-0.05, 0) is 30.6 Å². The minimum Gasteiger partial charge on any atom is -0.287 e. The Morgan fingerprint density at radius 1 is 1.31 bits per heavy atom. The molecule has 0 radical (unpaired) electrons. The van der Waals surface area contributed by atoms with Gasteiger partial charge in [-0.3, -0.25) is 4.79 Å². The lowest BCUT2D eigenvalue weighted by molar-refractivity contribution is 0.103. The number of benzene rings is 1. The quantitative estimate of drug-likeness (QED) is 0.757. The first-order valence-electron chi connectivity index (χ1n) is 4.39. The highest BCUT2D eigenvalue weighted by molar-refractivity contribution is 7.08. The maximum atomic E-state index is 13.3. The first kappa shape index (κ1) is 10.8. The van der Waals surface area contributed by atoms with Crippen LogP contribution in [0.25, 0.3) is 0 Å². The minimum atomic E-state index is -0.877. The van der Waals surface area contributed by atoms with E-state index in [0.29, 0.717) is 5.69 Å². The summed E-state index contributed by atoms with van der Waals surface area (Å²) in [7, 11) is 0. The Hall–Kier alpha value is -1.69. The van der Waals surface area contributed by atoms with Crippen LogP contribution in [-0.4, -0.2) is 15.4 Å².